The molecule has 2 rings (SSSR count). The van der Waals surface area contributed by atoms with Gasteiger partial charge in [0.05, 0.1) is 0 Å². The summed E-state index contributed by atoms with van der Waals surface area (Å²) in [4.78, 5) is 25.8. The van der Waals surface area contributed by atoms with Crippen molar-refractivity contribution in [2.75, 3.05) is 13.2 Å². The van der Waals surface area contributed by atoms with Gasteiger partial charge in [-0.2, -0.15) is 0 Å². The van der Waals surface area contributed by atoms with Gasteiger partial charge in [-0.3, -0.25) is 4.79 Å². The van der Waals surface area contributed by atoms with Crippen molar-refractivity contribution in [1.29, 1.82) is 0 Å². The zero-order valence-corrected chi connectivity index (χ0v) is 12.4. The predicted octanol–water partition coefficient (Wildman–Crippen LogP) is 2.23. The number of carboxylic acid groups (broad SMARTS) is 1. The van der Waals surface area contributed by atoms with Crippen molar-refractivity contribution < 1.29 is 19.4 Å². The number of likely N-dealkylation sites (tertiary alicyclic amines) is 1. The molecule has 1 fully saturated rings. The number of aliphatic carboxylic acids is 1. The lowest BCUT2D eigenvalue weighted by Crippen LogP contribution is -2.52. The molecule has 114 valence electrons. The maximum Gasteiger partial charge on any atom is 0.329 e. The topological polar surface area (TPSA) is 66.8 Å². The van der Waals surface area contributed by atoms with E-state index in [2.05, 4.69) is 0 Å². The summed E-state index contributed by atoms with van der Waals surface area (Å²) in [6.45, 7) is 4.28. The van der Waals surface area contributed by atoms with E-state index in [4.69, 9.17) is 4.74 Å². The number of ether oxygens (including phenoxy) is 1. The Hall–Kier alpha value is -1.88. The summed E-state index contributed by atoms with van der Waals surface area (Å²) in [7, 11) is 0. The molecule has 2 atom stereocenters. The van der Waals surface area contributed by atoms with E-state index in [9.17, 15) is 14.7 Å². The molecule has 0 aliphatic carbocycles. The van der Waals surface area contributed by atoms with Crippen molar-refractivity contribution >= 4 is 11.9 Å². The molecule has 1 aliphatic heterocycles. The Morgan fingerprint density at radius 1 is 1.38 bits per heavy atom. The summed E-state index contributed by atoms with van der Waals surface area (Å²) in [6.07, 6.45) is 0.428. The fraction of sp³-hybridized carbons (Fsp3) is 0.500. The molecule has 21 heavy (non-hydrogen) atoms. The normalized spacial score (nSPS) is 23.0. The largest absolute Gasteiger partial charge is 0.480 e. The van der Waals surface area contributed by atoms with Gasteiger partial charge in [-0.25, -0.2) is 4.79 Å². The van der Waals surface area contributed by atoms with Gasteiger partial charge in [0.1, 0.15) is 5.54 Å². The third kappa shape index (κ3) is 2.93. The lowest BCUT2D eigenvalue weighted by molar-refractivity contribution is -0.160. The fourth-order valence-electron chi connectivity index (χ4n) is 2.79. The quantitative estimate of drug-likeness (QED) is 0.903. The van der Waals surface area contributed by atoms with E-state index >= 15 is 0 Å². The zero-order chi connectivity index (χ0) is 15.5. The first kappa shape index (κ1) is 15.5. The molecule has 1 aromatic carbocycles. The molecule has 0 spiro atoms. The first-order valence-electron chi connectivity index (χ1n) is 7.22. The Morgan fingerprint density at radius 2 is 2.05 bits per heavy atom. The number of hydrogen-bond acceptors (Lipinski definition) is 3. The van der Waals surface area contributed by atoms with Crippen LogP contribution in [0.2, 0.25) is 0 Å². The van der Waals surface area contributed by atoms with E-state index in [0.29, 0.717) is 26.0 Å². The zero-order valence-electron chi connectivity index (χ0n) is 12.4. The Labute approximate surface area is 124 Å². The van der Waals surface area contributed by atoms with Crippen LogP contribution >= 0.6 is 0 Å². The third-order valence-corrected chi connectivity index (χ3v) is 4.03. The minimum absolute atomic E-state index is 0.273. The van der Waals surface area contributed by atoms with E-state index < -0.39 is 17.6 Å². The number of carbonyl (C=O) groups excluding carboxylic acids is 1. The highest BCUT2D eigenvalue weighted by Gasteiger charge is 2.47. The van der Waals surface area contributed by atoms with Crippen LogP contribution in [0.4, 0.5) is 0 Å². The molecule has 0 bridgehead atoms. The SMILES string of the molecule is CCOC(C(=O)N1CCCC1(C)C(=O)O)c1ccccc1. The smallest absolute Gasteiger partial charge is 0.329 e. The number of carboxylic acids is 1. The molecule has 0 saturated carbocycles. The lowest BCUT2D eigenvalue weighted by atomic mass is 9.98. The highest BCUT2D eigenvalue weighted by atomic mass is 16.5. The molecule has 1 N–H and O–H groups in total. The number of rotatable bonds is 5. The Kier molecular flexibility index (Phi) is 4.63. The van der Waals surface area contributed by atoms with Crippen molar-refractivity contribution in [3.05, 3.63) is 35.9 Å². The minimum Gasteiger partial charge on any atom is -0.480 e. The van der Waals surface area contributed by atoms with Crippen molar-refractivity contribution in [2.24, 2.45) is 0 Å². The summed E-state index contributed by atoms with van der Waals surface area (Å²) in [5.74, 6) is -1.23. The van der Waals surface area contributed by atoms with Crippen molar-refractivity contribution in [1.82, 2.24) is 4.90 Å². The number of amides is 1. The van der Waals surface area contributed by atoms with Crippen LogP contribution in [-0.4, -0.2) is 40.6 Å². The van der Waals surface area contributed by atoms with Crippen LogP contribution in [0.5, 0.6) is 0 Å². The minimum atomic E-state index is -1.14. The van der Waals surface area contributed by atoms with Crippen molar-refractivity contribution in [3.8, 4) is 0 Å². The van der Waals surface area contributed by atoms with Crippen LogP contribution in [0.25, 0.3) is 0 Å². The van der Waals surface area contributed by atoms with E-state index in [0.717, 1.165) is 5.56 Å². The maximum atomic E-state index is 12.8. The second-order valence-corrected chi connectivity index (χ2v) is 5.42. The van der Waals surface area contributed by atoms with E-state index in [1.807, 2.05) is 37.3 Å². The highest BCUT2D eigenvalue weighted by Crippen LogP contribution is 2.33. The molecule has 1 heterocycles. The standard InChI is InChI=1S/C16H21NO4/c1-3-21-13(12-8-5-4-6-9-12)14(18)17-11-7-10-16(17,2)15(19)20/h4-6,8-9,13H,3,7,10-11H2,1-2H3,(H,19,20). The van der Waals surface area contributed by atoms with Gasteiger partial charge in [-0.15, -0.1) is 0 Å². The second kappa shape index (κ2) is 6.26. The van der Waals surface area contributed by atoms with Crippen LogP contribution in [0.15, 0.2) is 30.3 Å². The van der Waals surface area contributed by atoms with E-state index in [-0.39, 0.29) is 5.91 Å². The molecule has 5 heteroatoms. The predicted molar refractivity (Wildman–Crippen MR) is 77.8 cm³/mol. The molecule has 5 nitrogen and oxygen atoms in total. The molecular weight excluding hydrogens is 270 g/mol. The van der Waals surface area contributed by atoms with E-state index in [1.54, 1.807) is 6.92 Å². The monoisotopic (exact) mass is 291 g/mol. The fourth-order valence-corrected chi connectivity index (χ4v) is 2.79. The summed E-state index contributed by atoms with van der Waals surface area (Å²) in [6, 6.07) is 9.21. The van der Waals surface area contributed by atoms with Crippen molar-refractivity contribution in [3.63, 3.8) is 0 Å². The molecule has 1 aliphatic rings. The van der Waals surface area contributed by atoms with Gasteiger partial charge in [-0.05, 0) is 32.3 Å². The van der Waals surface area contributed by atoms with Gasteiger partial charge in [0.2, 0.25) is 0 Å². The number of carbonyl (C=O) groups is 2. The van der Waals surface area contributed by atoms with Crippen LogP contribution in [0.1, 0.15) is 38.4 Å². The molecule has 0 aromatic heterocycles. The molecule has 2 unspecified atom stereocenters. The second-order valence-electron chi connectivity index (χ2n) is 5.42. The van der Waals surface area contributed by atoms with Gasteiger partial charge in [0, 0.05) is 13.2 Å². The van der Waals surface area contributed by atoms with Crippen LogP contribution in [0, 0.1) is 0 Å². The van der Waals surface area contributed by atoms with Gasteiger partial charge in [0.15, 0.2) is 6.10 Å². The van der Waals surface area contributed by atoms with Gasteiger partial charge in [0.25, 0.3) is 5.91 Å². The molecule has 1 amide bonds. The van der Waals surface area contributed by atoms with Gasteiger partial charge < -0.3 is 14.7 Å². The average molecular weight is 291 g/mol. The lowest BCUT2D eigenvalue weighted by Gasteiger charge is -2.33. The molecule has 0 radical (unpaired) electrons. The summed E-state index contributed by atoms with van der Waals surface area (Å²) in [5, 5.41) is 9.44. The molecule has 1 saturated heterocycles. The highest BCUT2D eigenvalue weighted by molar-refractivity contribution is 5.90. The Balaban J connectivity index is 2.29. The molecule has 1 aromatic rings. The number of benzene rings is 1. The van der Waals surface area contributed by atoms with E-state index in [1.165, 1.54) is 4.90 Å². The maximum absolute atomic E-state index is 12.8. The third-order valence-electron chi connectivity index (χ3n) is 4.03. The Morgan fingerprint density at radius 3 is 2.62 bits per heavy atom. The first-order valence-corrected chi connectivity index (χ1v) is 7.22. The average Bonchev–Trinajstić information content (AvgIpc) is 2.88. The number of nitrogens with zero attached hydrogens (tertiary/aromatic N) is 1. The van der Waals surface area contributed by atoms with Crippen LogP contribution < -0.4 is 0 Å². The summed E-state index contributed by atoms with van der Waals surface area (Å²) in [5.41, 5.74) is -0.384. The van der Waals surface area contributed by atoms with Gasteiger partial charge >= 0.3 is 5.97 Å². The first-order chi connectivity index (χ1) is 10.0. The summed E-state index contributed by atoms with van der Waals surface area (Å²) < 4.78 is 5.59. The van der Waals surface area contributed by atoms with Crippen molar-refractivity contribution in [2.45, 2.75) is 38.3 Å². The van der Waals surface area contributed by atoms with Crippen LogP contribution in [0.3, 0.4) is 0 Å². The van der Waals surface area contributed by atoms with Gasteiger partial charge in [-0.1, -0.05) is 30.3 Å². The summed E-state index contributed by atoms with van der Waals surface area (Å²) >= 11 is 0. The molecular formula is C16H21NO4. The number of hydrogen-bond donors (Lipinski definition) is 1. The Bertz CT molecular complexity index is 516. The van der Waals surface area contributed by atoms with Crippen LogP contribution in [-0.2, 0) is 14.3 Å².